The molecule has 13 aliphatic heterocycles. The Bertz CT molecular complexity index is 3530. The number of piperidine rings is 5. The van der Waals surface area contributed by atoms with E-state index in [1.54, 1.807) is 4.90 Å². The van der Waals surface area contributed by atoms with E-state index in [-0.39, 0.29) is 88.1 Å². The first-order chi connectivity index (χ1) is 65.6. The number of nitrogens with two attached hydrogens (primary N) is 1. The number of hydrogen-bond acceptors (Lipinski definition) is 18. The molecule has 0 aromatic rings. The Labute approximate surface area is 870 Å². The summed E-state index contributed by atoms with van der Waals surface area (Å²) < 4.78 is 26.4. The number of likely N-dealkylation sites (tertiary alicyclic amines) is 4. The van der Waals surface area contributed by atoms with Gasteiger partial charge in [-0.3, -0.25) is 43.4 Å². The summed E-state index contributed by atoms with van der Waals surface area (Å²) in [5.74, 6) is 7.28. The molecule has 830 valence electrons. The van der Waals surface area contributed by atoms with Gasteiger partial charge < -0.3 is 74.3 Å². The monoisotopic (exact) mass is 2010 g/mol. The van der Waals surface area contributed by atoms with Crippen molar-refractivity contribution in [3.8, 4) is 0 Å². The zero-order chi connectivity index (χ0) is 107. The van der Waals surface area contributed by atoms with Crippen molar-refractivity contribution < 1.29 is 67.5 Å². The Hall–Kier alpha value is -4.11. The maximum absolute atomic E-state index is 12.5. The fourth-order valence-corrected chi connectivity index (χ4v) is 23.0. The summed E-state index contributed by atoms with van der Waals surface area (Å²) >= 11 is 0. The minimum Gasteiger partial charge on any atom is -0.465 e. The summed E-state index contributed by atoms with van der Waals surface area (Å²) in [7, 11) is 9.48. The number of esters is 1. The molecule has 0 aromatic carbocycles. The number of rotatable bonds is 14. The average molecular weight is 2010 g/mol. The number of methoxy groups -OCH3 is 1. The number of aliphatic hydroxyl groups is 2. The van der Waals surface area contributed by atoms with Crippen molar-refractivity contribution in [2.24, 2.45) is 108 Å². The first-order valence-corrected chi connectivity index (χ1v) is 56.9. The zero-order valence-corrected chi connectivity index (χ0v) is 98.2. The van der Waals surface area contributed by atoms with Gasteiger partial charge in [-0.1, -0.05) is 208 Å². The molecule has 7 unspecified atom stereocenters. The number of aliphatic hydroxyl groups excluding tert-OH is 2. The fraction of sp³-hybridized carbons (Fsp3) is 0.941. The molecule has 13 saturated heterocycles. The number of carbonyl (C=O) groups is 7. The van der Waals surface area contributed by atoms with E-state index >= 15 is 0 Å². The van der Waals surface area contributed by atoms with Gasteiger partial charge in [0.15, 0.2) is 0 Å². The standard InChI is InChI=1S/C15H28N2O.C15H29NO2.C14H28N2O.2C13H23NO2.C13H25NO.C10H19NO2.C10H18O2.C10H20O.C5H11N/c1-15(2,3)12-7-10-17(11-8-12)14(18)13-6-5-9-16(13)4;1-15(2,3)12-5-8-16(9-6-12)13-7-10-18-11-14(13)17-4;1-10(2)12(15)13(17)16-8-6-11(7-9-16)14(3,4)5;2*1-13(2,3)8-12(16)14-9-4-5-10(14)7-11(15)6-9;1-13(2,3)11-8-6-10(7-9-11)12(15)14(4)5;1-10(2,3)5-9(12)11(4)8-6-13-7-8;1-10(2,3)6-4-8-5-7-12-9(8)11;1-10(2,3)6-4-9-5-7-11-8-9;1-5-2-3-6-4-5/h12-13H,5-11H2,1-4H3;12-14H,5-11H2,1-4H3;10-12H,6-9,15H2,1-5H3;2*9-11,15H,4-8H2,1-3H3;10-11H,6-9H2,1-5H3;8H,5-7H2,1-4H3;8H,4-7H2,1-3H3;9H,4-8H2,1-3H3;5-6H,2-4H2,1H3/t13-;13?,14-;12-;;;;;;;5-/m010......0/s1. The number of amides is 6. The molecule has 11 atom stereocenters. The summed E-state index contributed by atoms with van der Waals surface area (Å²) in [5.41, 5.74) is 8.58. The lowest BCUT2D eigenvalue weighted by Crippen LogP contribution is -2.53. The van der Waals surface area contributed by atoms with Crippen LogP contribution in [0.5, 0.6) is 0 Å². The van der Waals surface area contributed by atoms with Crippen LogP contribution in [-0.2, 0) is 57.2 Å². The van der Waals surface area contributed by atoms with Crippen molar-refractivity contribution in [2.75, 3.05) is 140 Å². The fourth-order valence-electron chi connectivity index (χ4n) is 23.0. The Kier molecular flexibility index (Phi) is 52.9. The molecule has 142 heavy (non-hydrogen) atoms. The van der Waals surface area contributed by atoms with Gasteiger partial charge in [0, 0.05) is 130 Å². The second kappa shape index (κ2) is 58.5. The largest absolute Gasteiger partial charge is 0.465 e. The number of carbonyl (C=O) groups excluding carboxylic acids is 7. The third-order valence-electron chi connectivity index (χ3n) is 32.9. The van der Waals surface area contributed by atoms with E-state index in [4.69, 9.17) is 29.4 Å². The van der Waals surface area contributed by atoms with Gasteiger partial charge in [-0.25, -0.2) is 0 Å². The zero-order valence-electron chi connectivity index (χ0n) is 98.2. The van der Waals surface area contributed by atoms with Crippen LogP contribution >= 0.6 is 0 Å². The Morgan fingerprint density at radius 3 is 1.24 bits per heavy atom. The second-order valence-electron chi connectivity index (χ2n) is 56.6. The van der Waals surface area contributed by atoms with Crippen LogP contribution in [-0.4, -0.2) is 298 Å². The van der Waals surface area contributed by atoms with Crippen molar-refractivity contribution in [1.29, 1.82) is 0 Å². The topological polar surface area (TPSA) is 270 Å². The minimum atomic E-state index is -0.332. The van der Waals surface area contributed by atoms with Gasteiger partial charge in [0.25, 0.3) is 0 Å². The minimum absolute atomic E-state index is 0.0132. The van der Waals surface area contributed by atoms with Crippen LogP contribution in [0.15, 0.2) is 0 Å². The average Bonchev–Trinajstić information content (AvgIpc) is 1.65. The maximum Gasteiger partial charge on any atom is 0.309 e. The van der Waals surface area contributed by atoms with Crippen molar-refractivity contribution in [3.63, 3.8) is 0 Å². The van der Waals surface area contributed by atoms with Crippen LogP contribution in [0.2, 0.25) is 0 Å². The molecule has 0 radical (unpaired) electrons. The lowest BCUT2D eigenvalue weighted by atomic mass is 9.69. The van der Waals surface area contributed by atoms with Crippen LogP contribution in [0.25, 0.3) is 0 Å². The van der Waals surface area contributed by atoms with Gasteiger partial charge in [0.1, 0.15) is 0 Å². The van der Waals surface area contributed by atoms with Crippen molar-refractivity contribution in [2.45, 2.75) is 473 Å². The lowest BCUT2D eigenvalue weighted by Gasteiger charge is -2.45. The number of nitrogens with zero attached hydrogens (tertiary/aromatic N) is 8. The van der Waals surface area contributed by atoms with E-state index in [0.717, 1.165) is 204 Å². The summed E-state index contributed by atoms with van der Waals surface area (Å²) in [5, 5.41) is 22.6. The molecule has 24 heteroatoms. The quantitative estimate of drug-likeness (QED) is 0.118. The molecule has 24 nitrogen and oxygen atoms in total. The highest BCUT2D eigenvalue weighted by molar-refractivity contribution is 5.83. The van der Waals surface area contributed by atoms with Crippen molar-refractivity contribution >= 4 is 41.4 Å². The van der Waals surface area contributed by atoms with Gasteiger partial charge in [-0.15, -0.1) is 0 Å². The lowest BCUT2D eigenvalue weighted by molar-refractivity contribution is -0.143. The Morgan fingerprint density at radius 1 is 0.479 bits per heavy atom. The first kappa shape index (κ1) is 128. The number of nitrogens with one attached hydrogen (secondary N) is 1. The van der Waals surface area contributed by atoms with Crippen LogP contribution in [0.1, 0.15) is 407 Å². The molecule has 6 amide bonds. The van der Waals surface area contributed by atoms with Crippen LogP contribution in [0.3, 0.4) is 0 Å². The summed E-state index contributed by atoms with van der Waals surface area (Å²) in [4.78, 5) is 100. The van der Waals surface area contributed by atoms with Crippen LogP contribution in [0, 0.1) is 102 Å². The molecular formula is C118H224N10O14. The van der Waals surface area contributed by atoms with E-state index in [0.29, 0.717) is 126 Å². The normalized spacial score (nSPS) is 28.0. The van der Waals surface area contributed by atoms with Gasteiger partial charge in [0.2, 0.25) is 35.4 Å². The predicted molar refractivity (Wildman–Crippen MR) is 583 cm³/mol. The Balaban J connectivity index is 0.000000280. The number of ether oxygens (including phenoxy) is 5. The van der Waals surface area contributed by atoms with E-state index in [1.807, 2.05) is 51.9 Å². The summed E-state index contributed by atoms with van der Waals surface area (Å²) in [6.45, 7) is 81.9. The van der Waals surface area contributed by atoms with E-state index < -0.39 is 0 Å². The van der Waals surface area contributed by atoms with Gasteiger partial charge in [-0.05, 0) is 310 Å². The van der Waals surface area contributed by atoms with Gasteiger partial charge in [0.05, 0.1) is 68.8 Å². The SMILES string of the molecule is CC(C)(C)CC(=O)N1C2CCC1CC(O)C2.CC(C)(C)CC(=O)N1C2CCC1CC(O)C2.CC(C)(C)CCC1CCOC1.CC(C)(C)CCC1CCOC1=O.CC(C)[C@H](N)C(=O)N1CCC(C(C)(C)C)CC1.CN(C(=O)CC(C)(C)C)C1COC1.CN(C)C(=O)C1CCC(C(C)(C)C)CC1.CN1CCC[C@H]1C(=O)N1CCC(C(C)(C)C)CC1.CO[C@@H]1COCCC1N1CCC(C(C)(C)C)CC1.C[C@H]1CCNC1. The first-order valence-electron chi connectivity index (χ1n) is 56.9. The van der Waals surface area contributed by atoms with Gasteiger partial charge in [-0.2, -0.15) is 0 Å². The smallest absolute Gasteiger partial charge is 0.309 e. The second-order valence-corrected chi connectivity index (χ2v) is 56.6. The number of fused-ring (bicyclic) bond motifs is 4. The molecule has 4 bridgehead atoms. The molecule has 14 rings (SSSR count). The molecule has 0 aromatic heterocycles. The summed E-state index contributed by atoms with van der Waals surface area (Å²) in [6.07, 6.45) is 32.8. The third kappa shape index (κ3) is 46.8. The molecule has 0 spiro atoms. The predicted octanol–water partition coefficient (Wildman–Crippen LogP) is 21.1. The molecule has 13 heterocycles. The van der Waals surface area contributed by atoms with E-state index in [1.165, 1.54) is 96.8 Å². The molecule has 14 fully saturated rings. The molecule has 1 aliphatic carbocycles. The third-order valence-corrected chi connectivity index (χ3v) is 32.9. The van der Waals surface area contributed by atoms with Gasteiger partial charge >= 0.3 is 5.97 Å². The van der Waals surface area contributed by atoms with Crippen molar-refractivity contribution in [1.82, 2.24) is 44.5 Å². The maximum atomic E-state index is 12.5. The highest BCUT2D eigenvalue weighted by Gasteiger charge is 2.47. The molecule has 1 saturated carbocycles. The van der Waals surface area contributed by atoms with E-state index in [9.17, 15) is 43.8 Å². The molecule has 5 N–H and O–H groups in total. The highest BCUT2D eigenvalue weighted by atomic mass is 16.5. The van der Waals surface area contributed by atoms with Crippen LogP contribution < -0.4 is 11.1 Å². The number of hydrogen-bond donors (Lipinski definition) is 4. The number of likely N-dealkylation sites (N-methyl/N-ethyl adjacent to an activating group) is 2. The van der Waals surface area contributed by atoms with Crippen molar-refractivity contribution in [3.05, 3.63) is 0 Å². The molecular weight excluding hydrogens is 1780 g/mol. The highest BCUT2D eigenvalue weighted by Crippen LogP contribution is 2.44. The number of cyclic esters (lactones) is 1. The Morgan fingerprint density at radius 2 is 0.901 bits per heavy atom. The van der Waals surface area contributed by atoms with Crippen LogP contribution in [0.4, 0.5) is 0 Å². The molecule has 14 aliphatic rings. The summed E-state index contributed by atoms with van der Waals surface area (Å²) in [6, 6.07) is 1.95. The van der Waals surface area contributed by atoms with E-state index in [2.05, 4.69) is 231 Å².